The van der Waals surface area contributed by atoms with E-state index in [-0.39, 0.29) is 12.3 Å². The van der Waals surface area contributed by atoms with Crippen LogP contribution < -0.4 is 5.73 Å². The van der Waals surface area contributed by atoms with Gasteiger partial charge in [0.15, 0.2) is 15.7 Å². The number of nitrogens with zero attached hydrogens (tertiary/aromatic N) is 4. The van der Waals surface area contributed by atoms with Crippen molar-refractivity contribution in [2.45, 2.75) is 24.6 Å². The lowest BCUT2D eigenvalue weighted by Gasteiger charge is -2.11. The third kappa shape index (κ3) is 2.73. The third-order valence-corrected chi connectivity index (χ3v) is 6.12. The summed E-state index contributed by atoms with van der Waals surface area (Å²) in [5, 5.41) is 11.5. The minimum Gasteiger partial charge on any atom is -0.398 e. The van der Waals surface area contributed by atoms with Gasteiger partial charge in [0, 0.05) is 16.3 Å². The average Bonchev–Trinajstić information content (AvgIpc) is 3.00. The summed E-state index contributed by atoms with van der Waals surface area (Å²) >= 11 is 5.97. The lowest BCUT2D eigenvalue weighted by molar-refractivity contribution is 0.534. The van der Waals surface area contributed by atoms with Gasteiger partial charge in [-0.1, -0.05) is 11.6 Å². The lowest BCUT2D eigenvalue weighted by Crippen LogP contribution is -2.23. The Morgan fingerprint density at radius 2 is 2.24 bits per heavy atom. The molecule has 2 heterocycles. The molecule has 1 atom stereocenters. The summed E-state index contributed by atoms with van der Waals surface area (Å²) in [4.78, 5) is 0. The van der Waals surface area contributed by atoms with Crippen molar-refractivity contribution in [2.24, 2.45) is 0 Å². The molecule has 21 heavy (non-hydrogen) atoms. The van der Waals surface area contributed by atoms with Crippen molar-refractivity contribution < 1.29 is 8.42 Å². The Morgan fingerprint density at radius 1 is 1.43 bits per heavy atom. The molecule has 1 aromatic carbocycles. The molecular formula is C12H14ClN5O2S. The van der Waals surface area contributed by atoms with Crippen LogP contribution in [0.4, 0.5) is 5.69 Å². The van der Waals surface area contributed by atoms with Crippen LogP contribution in [0.5, 0.6) is 0 Å². The monoisotopic (exact) mass is 327 g/mol. The minimum absolute atomic E-state index is 0.231. The van der Waals surface area contributed by atoms with Gasteiger partial charge in [-0.15, -0.1) is 5.10 Å². The molecular weight excluding hydrogens is 314 g/mol. The Bertz CT molecular complexity index is 774. The molecule has 2 N–H and O–H groups in total. The zero-order valence-electron chi connectivity index (χ0n) is 11.1. The molecule has 3 rings (SSSR count). The molecule has 0 aliphatic carbocycles. The van der Waals surface area contributed by atoms with Gasteiger partial charge in [-0.25, -0.2) is 13.1 Å². The van der Waals surface area contributed by atoms with Crippen LogP contribution in [0.15, 0.2) is 18.2 Å². The zero-order valence-corrected chi connectivity index (χ0v) is 12.7. The number of benzene rings is 1. The number of sulfone groups is 1. The highest BCUT2D eigenvalue weighted by Gasteiger charge is 2.32. The number of tetrazole rings is 1. The van der Waals surface area contributed by atoms with Crippen LogP contribution in [0.25, 0.3) is 11.4 Å². The van der Waals surface area contributed by atoms with E-state index >= 15 is 0 Å². The van der Waals surface area contributed by atoms with E-state index in [9.17, 15) is 8.42 Å². The topological polar surface area (TPSA) is 104 Å². The first-order valence-electron chi connectivity index (χ1n) is 6.50. The SMILES string of the molecule is Nc1ccc(Cl)cc1-c1nnnn1CC1CCCS1(=O)=O. The maximum Gasteiger partial charge on any atom is 0.184 e. The van der Waals surface area contributed by atoms with Gasteiger partial charge in [-0.05, 0) is 41.5 Å². The van der Waals surface area contributed by atoms with Gasteiger partial charge in [0.05, 0.1) is 17.5 Å². The molecule has 0 bridgehead atoms. The first kappa shape index (κ1) is 14.3. The summed E-state index contributed by atoms with van der Waals surface area (Å²) in [6.45, 7) is 0.233. The van der Waals surface area contributed by atoms with Crippen molar-refractivity contribution >= 4 is 27.1 Å². The Kier molecular flexibility index (Phi) is 3.58. The van der Waals surface area contributed by atoms with Gasteiger partial charge in [0.1, 0.15) is 0 Å². The zero-order chi connectivity index (χ0) is 15.0. The molecule has 1 unspecified atom stereocenters. The highest BCUT2D eigenvalue weighted by molar-refractivity contribution is 7.92. The van der Waals surface area contributed by atoms with E-state index in [1.807, 2.05) is 0 Å². The van der Waals surface area contributed by atoms with Crippen molar-refractivity contribution in [1.29, 1.82) is 0 Å². The fourth-order valence-electron chi connectivity index (χ4n) is 2.50. The van der Waals surface area contributed by atoms with E-state index in [2.05, 4.69) is 15.5 Å². The average molecular weight is 328 g/mol. The van der Waals surface area contributed by atoms with Gasteiger partial charge < -0.3 is 5.73 Å². The highest BCUT2D eigenvalue weighted by atomic mass is 35.5. The summed E-state index contributed by atoms with van der Waals surface area (Å²) in [6.07, 6.45) is 1.32. The lowest BCUT2D eigenvalue weighted by atomic mass is 10.1. The summed E-state index contributed by atoms with van der Waals surface area (Å²) < 4.78 is 25.3. The number of aromatic nitrogens is 4. The van der Waals surface area contributed by atoms with Gasteiger partial charge >= 0.3 is 0 Å². The van der Waals surface area contributed by atoms with Crippen LogP contribution >= 0.6 is 11.6 Å². The standard InChI is InChI=1S/C12H14ClN5O2S/c13-8-3-4-11(14)10(6-8)12-15-16-17-18(12)7-9-2-1-5-21(9,19)20/h3-4,6,9H,1-2,5,7,14H2. The normalized spacial score (nSPS) is 20.7. The first-order valence-corrected chi connectivity index (χ1v) is 8.60. The van der Waals surface area contributed by atoms with Gasteiger partial charge in [-0.3, -0.25) is 0 Å². The third-order valence-electron chi connectivity index (χ3n) is 3.63. The van der Waals surface area contributed by atoms with E-state index in [4.69, 9.17) is 17.3 Å². The Morgan fingerprint density at radius 3 is 2.95 bits per heavy atom. The molecule has 0 spiro atoms. The quantitative estimate of drug-likeness (QED) is 0.848. The maximum absolute atomic E-state index is 11.9. The molecule has 0 saturated carbocycles. The van der Waals surface area contributed by atoms with Crippen molar-refractivity contribution in [1.82, 2.24) is 20.2 Å². The number of rotatable bonds is 3. The number of nitrogen functional groups attached to an aromatic ring is 1. The highest BCUT2D eigenvalue weighted by Crippen LogP contribution is 2.28. The number of nitrogens with two attached hydrogens (primary N) is 1. The second-order valence-corrected chi connectivity index (χ2v) is 7.88. The molecule has 112 valence electrons. The minimum atomic E-state index is -3.05. The van der Waals surface area contributed by atoms with Crippen LogP contribution in [-0.4, -0.2) is 39.6 Å². The predicted molar refractivity (Wildman–Crippen MR) is 79.5 cm³/mol. The molecule has 0 radical (unpaired) electrons. The van der Waals surface area contributed by atoms with Gasteiger partial charge in [-0.2, -0.15) is 0 Å². The molecule has 7 nitrogen and oxygen atoms in total. The summed E-state index contributed by atoms with van der Waals surface area (Å²) in [5.41, 5.74) is 7.02. The Balaban J connectivity index is 1.96. The van der Waals surface area contributed by atoms with Crippen molar-refractivity contribution in [3.05, 3.63) is 23.2 Å². The van der Waals surface area contributed by atoms with E-state index in [1.165, 1.54) is 4.68 Å². The molecule has 1 aliphatic rings. The summed E-state index contributed by atoms with van der Waals surface area (Å²) in [6, 6.07) is 5.02. The van der Waals surface area contributed by atoms with Crippen molar-refractivity contribution in [2.75, 3.05) is 11.5 Å². The van der Waals surface area contributed by atoms with E-state index in [0.717, 1.165) is 0 Å². The molecule has 1 fully saturated rings. The number of hydrogen-bond acceptors (Lipinski definition) is 6. The van der Waals surface area contributed by atoms with Gasteiger partial charge in [0.2, 0.25) is 0 Å². The van der Waals surface area contributed by atoms with Gasteiger partial charge in [0.25, 0.3) is 0 Å². The molecule has 0 amide bonds. The van der Waals surface area contributed by atoms with Crippen LogP contribution in [0.1, 0.15) is 12.8 Å². The molecule has 1 aromatic heterocycles. The number of halogens is 1. The van der Waals surface area contributed by atoms with E-state index < -0.39 is 15.1 Å². The number of anilines is 1. The predicted octanol–water partition coefficient (Wildman–Crippen LogP) is 1.15. The van der Waals surface area contributed by atoms with Crippen LogP contribution in [0, 0.1) is 0 Å². The van der Waals surface area contributed by atoms with Crippen LogP contribution in [-0.2, 0) is 16.4 Å². The van der Waals surface area contributed by atoms with Crippen molar-refractivity contribution in [3.63, 3.8) is 0 Å². The van der Waals surface area contributed by atoms with E-state index in [1.54, 1.807) is 18.2 Å². The molecule has 2 aromatic rings. The molecule has 1 aliphatic heterocycles. The maximum atomic E-state index is 11.9. The second kappa shape index (κ2) is 5.27. The Labute approximate surface area is 127 Å². The fraction of sp³-hybridized carbons (Fsp3) is 0.417. The Hall–Kier alpha value is -1.67. The summed E-state index contributed by atoms with van der Waals surface area (Å²) in [7, 11) is -3.05. The smallest absolute Gasteiger partial charge is 0.184 e. The number of hydrogen-bond donors (Lipinski definition) is 1. The van der Waals surface area contributed by atoms with Crippen LogP contribution in [0.3, 0.4) is 0 Å². The molecule has 1 saturated heterocycles. The second-order valence-electron chi connectivity index (χ2n) is 5.05. The first-order chi connectivity index (χ1) is 9.97. The van der Waals surface area contributed by atoms with Crippen LogP contribution in [0.2, 0.25) is 5.02 Å². The molecule has 9 heteroatoms. The van der Waals surface area contributed by atoms with E-state index in [0.29, 0.717) is 34.9 Å². The largest absolute Gasteiger partial charge is 0.398 e. The summed E-state index contributed by atoms with van der Waals surface area (Å²) in [5.74, 6) is 0.658. The van der Waals surface area contributed by atoms with Crippen molar-refractivity contribution in [3.8, 4) is 11.4 Å². The fourth-order valence-corrected chi connectivity index (χ4v) is 4.47.